The summed E-state index contributed by atoms with van der Waals surface area (Å²) in [4.78, 5) is 19.3. The number of hydrogen-bond acceptors (Lipinski definition) is 5. The van der Waals surface area contributed by atoms with Crippen molar-refractivity contribution in [1.82, 2.24) is 9.88 Å². The molecule has 3 N–H and O–H groups in total. The van der Waals surface area contributed by atoms with E-state index in [-0.39, 0.29) is 5.91 Å². The molecule has 1 amide bonds. The number of nitrogen functional groups attached to an aromatic ring is 1. The molecular weight excluding hydrogens is 284 g/mol. The number of carbonyl (C=O) groups excluding carboxylic acids is 1. The predicted octanol–water partition coefficient (Wildman–Crippen LogP) is 2.60. The highest BCUT2D eigenvalue weighted by Gasteiger charge is 2.13. The highest BCUT2D eigenvalue weighted by Crippen LogP contribution is 2.22. The average molecular weight is 304 g/mol. The summed E-state index contributed by atoms with van der Waals surface area (Å²) in [6, 6.07) is 5.27. The molecule has 0 fully saturated rings. The Bertz CT molecular complexity index is 636. The molecule has 0 saturated carbocycles. The molecule has 0 atom stereocenters. The highest BCUT2D eigenvalue weighted by atomic mass is 32.1. The zero-order valence-corrected chi connectivity index (χ0v) is 13.3. The van der Waals surface area contributed by atoms with E-state index in [1.54, 1.807) is 48.5 Å². The van der Waals surface area contributed by atoms with Gasteiger partial charge in [0, 0.05) is 36.5 Å². The Kier molecular flexibility index (Phi) is 4.80. The van der Waals surface area contributed by atoms with E-state index in [4.69, 9.17) is 5.73 Å². The van der Waals surface area contributed by atoms with Gasteiger partial charge in [0.2, 0.25) is 0 Å². The van der Waals surface area contributed by atoms with Crippen molar-refractivity contribution in [2.45, 2.75) is 19.9 Å². The number of thiazole rings is 1. The van der Waals surface area contributed by atoms with Crippen molar-refractivity contribution in [3.63, 3.8) is 0 Å². The summed E-state index contributed by atoms with van der Waals surface area (Å²) in [5.41, 5.74) is 7.80. The quantitative estimate of drug-likeness (QED) is 0.833. The van der Waals surface area contributed by atoms with Gasteiger partial charge in [0.1, 0.15) is 5.01 Å². The molecule has 2 rings (SSSR count). The Labute approximate surface area is 128 Å². The predicted molar refractivity (Wildman–Crippen MR) is 87.7 cm³/mol. The van der Waals surface area contributed by atoms with Crippen LogP contribution < -0.4 is 11.1 Å². The van der Waals surface area contributed by atoms with Gasteiger partial charge in [0.15, 0.2) is 0 Å². The fourth-order valence-electron chi connectivity index (χ4n) is 1.90. The van der Waals surface area contributed by atoms with Gasteiger partial charge in [-0.05, 0) is 24.6 Å². The molecule has 0 radical (unpaired) electrons. The average Bonchev–Trinajstić information content (AvgIpc) is 2.92. The fraction of sp³-hybridized carbons (Fsp3) is 0.333. The minimum atomic E-state index is -0.0501. The Balaban J connectivity index is 2.18. The van der Waals surface area contributed by atoms with E-state index in [0.717, 1.165) is 17.1 Å². The molecule has 1 heterocycles. The third-order valence-electron chi connectivity index (χ3n) is 3.06. The van der Waals surface area contributed by atoms with Gasteiger partial charge in [0.25, 0.3) is 5.91 Å². The standard InChI is InChI=1S/C15H20N4OS/c1-4-11-8-18-14(21-11)9-17-13-7-10(16)5-6-12(13)15(20)19(2)3/h5-8,17H,4,9,16H2,1-3H3. The first-order valence-corrected chi connectivity index (χ1v) is 7.61. The van der Waals surface area contributed by atoms with E-state index in [2.05, 4.69) is 17.2 Å². The Morgan fingerprint density at radius 1 is 1.43 bits per heavy atom. The molecule has 0 bridgehead atoms. The zero-order valence-electron chi connectivity index (χ0n) is 12.5. The minimum absolute atomic E-state index is 0.0501. The molecule has 0 aliphatic heterocycles. The van der Waals surface area contributed by atoms with Crippen molar-refractivity contribution in [2.75, 3.05) is 25.1 Å². The highest BCUT2D eigenvalue weighted by molar-refractivity contribution is 7.11. The maximum atomic E-state index is 12.2. The lowest BCUT2D eigenvalue weighted by molar-refractivity contribution is 0.0828. The van der Waals surface area contributed by atoms with Crippen LogP contribution in [0.15, 0.2) is 24.4 Å². The summed E-state index contributed by atoms with van der Waals surface area (Å²) in [6.45, 7) is 2.69. The van der Waals surface area contributed by atoms with Crippen molar-refractivity contribution < 1.29 is 4.79 Å². The lowest BCUT2D eigenvalue weighted by Gasteiger charge is -2.15. The SMILES string of the molecule is CCc1cnc(CNc2cc(N)ccc2C(=O)N(C)C)s1. The van der Waals surface area contributed by atoms with Crippen LogP contribution in [0.5, 0.6) is 0 Å². The topological polar surface area (TPSA) is 71.2 Å². The number of nitrogens with two attached hydrogens (primary N) is 1. The first kappa shape index (κ1) is 15.3. The number of rotatable bonds is 5. The maximum absolute atomic E-state index is 12.2. The smallest absolute Gasteiger partial charge is 0.255 e. The van der Waals surface area contributed by atoms with Crippen LogP contribution in [0.4, 0.5) is 11.4 Å². The van der Waals surface area contributed by atoms with E-state index in [0.29, 0.717) is 17.8 Å². The summed E-state index contributed by atoms with van der Waals surface area (Å²) in [6.07, 6.45) is 2.88. The summed E-state index contributed by atoms with van der Waals surface area (Å²) in [5, 5.41) is 4.26. The summed E-state index contributed by atoms with van der Waals surface area (Å²) < 4.78 is 0. The molecule has 112 valence electrons. The number of carbonyl (C=O) groups is 1. The second-order valence-electron chi connectivity index (χ2n) is 4.93. The maximum Gasteiger partial charge on any atom is 0.255 e. The lowest BCUT2D eigenvalue weighted by atomic mass is 10.1. The van der Waals surface area contributed by atoms with Crippen molar-refractivity contribution >= 4 is 28.6 Å². The summed E-state index contributed by atoms with van der Waals surface area (Å²) in [7, 11) is 3.47. The van der Waals surface area contributed by atoms with Crippen LogP contribution in [0.25, 0.3) is 0 Å². The summed E-state index contributed by atoms with van der Waals surface area (Å²) in [5.74, 6) is -0.0501. The first-order valence-electron chi connectivity index (χ1n) is 6.80. The monoisotopic (exact) mass is 304 g/mol. The van der Waals surface area contributed by atoms with E-state index in [9.17, 15) is 4.79 Å². The van der Waals surface area contributed by atoms with Crippen molar-refractivity contribution in [3.8, 4) is 0 Å². The van der Waals surface area contributed by atoms with Crippen LogP contribution in [0.3, 0.4) is 0 Å². The van der Waals surface area contributed by atoms with Gasteiger partial charge in [-0.25, -0.2) is 4.98 Å². The molecule has 2 aromatic rings. The Morgan fingerprint density at radius 2 is 2.19 bits per heavy atom. The molecule has 0 unspecified atom stereocenters. The molecule has 0 saturated heterocycles. The third-order valence-corrected chi connectivity index (χ3v) is 4.20. The van der Waals surface area contributed by atoms with Crippen LogP contribution in [0, 0.1) is 0 Å². The second kappa shape index (κ2) is 6.58. The number of amides is 1. The molecule has 21 heavy (non-hydrogen) atoms. The van der Waals surface area contributed by atoms with Crippen molar-refractivity contribution in [2.24, 2.45) is 0 Å². The molecule has 1 aromatic carbocycles. The third kappa shape index (κ3) is 3.72. The van der Waals surface area contributed by atoms with E-state index < -0.39 is 0 Å². The molecule has 1 aromatic heterocycles. The number of anilines is 2. The van der Waals surface area contributed by atoms with Gasteiger partial charge in [-0.3, -0.25) is 4.79 Å². The van der Waals surface area contributed by atoms with Gasteiger partial charge in [-0.15, -0.1) is 11.3 Å². The van der Waals surface area contributed by atoms with Crippen molar-refractivity contribution in [1.29, 1.82) is 0 Å². The molecule has 0 spiro atoms. The number of aryl methyl sites for hydroxylation is 1. The van der Waals surface area contributed by atoms with Crippen LogP contribution >= 0.6 is 11.3 Å². The zero-order chi connectivity index (χ0) is 15.4. The van der Waals surface area contributed by atoms with Gasteiger partial charge < -0.3 is 16.0 Å². The number of nitrogens with one attached hydrogen (secondary N) is 1. The van der Waals surface area contributed by atoms with Crippen LogP contribution in [-0.4, -0.2) is 29.9 Å². The van der Waals surface area contributed by atoms with E-state index in [1.807, 2.05) is 6.20 Å². The van der Waals surface area contributed by atoms with Gasteiger partial charge in [0.05, 0.1) is 12.1 Å². The Hall–Kier alpha value is -2.08. The van der Waals surface area contributed by atoms with E-state index in [1.165, 1.54) is 4.88 Å². The lowest BCUT2D eigenvalue weighted by Crippen LogP contribution is -2.23. The number of hydrogen-bond donors (Lipinski definition) is 2. The molecule has 6 heteroatoms. The number of nitrogens with zero attached hydrogens (tertiary/aromatic N) is 2. The van der Waals surface area contributed by atoms with Crippen LogP contribution in [0.2, 0.25) is 0 Å². The van der Waals surface area contributed by atoms with Gasteiger partial charge in [-0.2, -0.15) is 0 Å². The number of benzene rings is 1. The van der Waals surface area contributed by atoms with Crippen LogP contribution in [-0.2, 0) is 13.0 Å². The molecule has 0 aliphatic carbocycles. The van der Waals surface area contributed by atoms with Gasteiger partial charge >= 0.3 is 0 Å². The molecular formula is C15H20N4OS. The van der Waals surface area contributed by atoms with Crippen LogP contribution in [0.1, 0.15) is 27.2 Å². The van der Waals surface area contributed by atoms with Crippen molar-refractivity contribution in [3.05, 3.63) is 39.8 Å². The molecule has 5 nitrogen and oxygen atoms in total. The normalized spacial score (nSPS) is 10.4. The number of aromatic nitrogens is 1. The summed E-state index contributed by atoms with van der Waals surface area (Å²) >= 11 is 1.68. The first-order chi connectivity index (χ1) is 10.0. The largest absolute Gasteiger partial charge is 0.399 e. The Morgan fingerprint density at radius 3 is 2.81 bits per heavy atom. The van der Waals surface area contributed by atoms with E-state index >= 15 is 0 Å². The second-order valence-corrected chi connectivity index (χ2v) is 6.13. The minimum Gasteiger partial charge on any atom is -0.399 e. The van der Waals surface area contributed by atoms with Gasteiger partial charge in [-0.1, -0.05) is 6.92 Å². The molecule has 0 aliphatic rings. The fourth-order valence-corrected chi connectivity index (χ4v) is 2.70.